The average molecular weight is 254 g/mol. The van der Waals surface area contributed by atoms with Crippen LogP contribution in [0.15, 0.2) is 0 Å². The Morgan fingerprint density at radius 1 is 1.28 bits per heavy atom. The Hall–Kier alpha value is -0.650. The lowest BCUT2D eigenvalue weighted by Crippen LogP contribution is -2.55. The second-order valence-corrected chi connectivity index (χ2v) is 5.83. The molecule has 0 aromatic carbocycles. The summed E-state index contributed by atoms with van der Waals surface area (Å²) in [5, 5.41) is 3.34. The number of carbonyl (C=O) groups is 1. The molecule has 5 nitrogen and oxygen atoms in total. The highest BCUT2D eigenvalue weighted by Crippen LogP contribution is 2.19. The van der Waals surface area contributed by atoms with Crippen molar-refractivity contribution in [2.75, 3.05) is 32.7 Å². The van der Waals surface area contributed by atoms with Crippen molar-refractivity contribution in [1.29, 1.82) is 0 Å². The molecule has 104 valence electrons. The van der Waals surface area contributed by atoms with E-state index in [0.717, 1.165) is 32.7 Å². The van der Waals surface area contributed by atoms with Crippen molar-refractivity contribution in [2.24, 2.45) is 5.73 Å². The Bertz CT molecular complexity index is 283. The first kappa shape index (κ1) is 13.8. The van der Waals surface area contributed by atoms with E-state index in [1.54, 1.807) is 0 Å². The van der Waals surface area contributed by atoms with Crippen LogP contribution in [-0.4, -0.2) is 66.6 Å². The van der Waals surface area contributed by atoms with Gasteiger partial charge in [-0.15, -0.1) is 0 Å². The van der Waals surface area contributed by atoms with E-state index >= 15 is 0 Å². The van der Waals surface area contributed by atoms with Crippen LogP contribution in [0.5, 0.6) is 0 Å². The summed E-state index contributed by atoms with van der Waals surface area (Å²) in [7, 11) is 0. The highest BCUT2D eigenvalue weighted by atomic mass is 16.1. The van der Waals surface area contributed by atoms with Crippen molar-refractivity contribution in [3.05, 3.63) is 0 Å². The van der Waals surface area contributed by atoms with Gasteiger partial charge in [-0.2, -0.15) is 0 Å². The summed E-state index contributed by atoms with van der Waals surface area (Å²) in [6.45, 7) is 9.48. The maximum atomic E-state index is 11.4. The van der Waals surface area contributed by atoms with Crippen LogP contribution in [0, 0.1) is 0 Å². The smallest absolute Gasteiger partial charge is 0.235 e. The van der Waals surface area contributed by atoms with E-state index in [1.165, 1.54) is 12.8 Å². The molecule has 1 saturated carbocycles. The molecule has 1 aliphatic heterocycles. The van der Waals surface area contributed by atoms with Crippen LogP contribution in [-0.2, 0) is 4.79 Å². The summed E-state index contributed by atoms with van der Waals surface area (Å²) >= 11 is 0. The molecule has 2 aliphatic rings. The maximum Gasteiger partial charge on any atom is 0.235 e. The minimum Gasteiger partial charge on any atom is -0.368 e. The maximum absolute atomic E-state index is 11.4. The number of primary amides is 1. The molecule has 0 aromatic rings. The fraction of sp³-hybridized carbons (Fsp3) is 0.923. The first-order valence-corrected chi connectivity index (χ1v) is 7.08. The third kappa shape index (κ3) is 3.93. The highest BCUT2D eigenvalue weighted by molar-refractivity contribution is 5.80. The first-order chi connectivity index (χ1) is 8.56. The molecule has 0 spiro atoms. The molecule has 1 unspecified atom stereocenters. The van der Waals surface area contributed by atoms with Gasteiger partial charge in [-0.25, -0.2) is 0 Å². The number of piperazine rings is 1. The number of nitrogens with one attached hydrogen (secondary N) is 1. The highest BCUT2D eigenvalue weighted by Gasteiger charge is 2.29. The van der Waals surface area contributed by atoms with Crippen molar-refractivity contribution in [3.63, 3.8) is 0 Å². The summed E-state index contributed by atoms with van der Waals surface area (Å²) in [6.07, 6.45) is 2.37. The van der Waals surface area contributed by atoms with Crippen LogP contribution in [0.2, 0.25) is 0 Å². The normalized spacial score (nSPS) is 24.4. The number of nitrogens with two attached hydrogens (primary N) is 1. The van der Waals surface area contributed by atoms with Crippen LogP contribution in [0.25, 0.3) is 0 Å². The first-order valence-electron chi connectivity index (χ1n) is 7.08. The van der Waals surface area contributed by atoms with E-state index < -0.39 is 0 Å². The van der Waals surface area contributed by atoms with E-state index in [4.69, 9.17) is 5.73 Å². The van der Waals surface area contributed by atoms with Crippen LogP contribution in [0.1, 0.15) is 26.7 Å². The molecule has 0 aromatic heterocycles. The minimum atomic E-state index is -0.215. The number of nitrogens with zero attached hydrogens (tertiary/aromatic N) is 2. The van der Waals surface area contributed by atoms with Gasteiger partial charge in [0.15, 0.2) is 0 Å². The van der Waals surface area contributed by atoms with Crippen LogP contribution < -0.4 is 11.1 Å². The van der Waals surface area contributed by atoms with Gasteiger partial charge in [-0.3, -0.25) is 14.6 Å². The van der Waals surface area contributed by atoms with Crippen LogP contribution >= 0.6 is 0 Å². The van der Waals surface area contributed by atoms with Gasteiger partial charge in [0, 0.05) is 44.8 Å². The molecule has 0 bridgehead atoms. The van der Waals surface area contributed by atoms with Gasteiger partial charge in [0.05, 0.1) is 6.04 Å². The Morgan fingerprint density at radius 3 is 2.33 bits per heavy atom. The summed E-state index contributed by atoms with van der Waals surface area (Å²) in [5.74, 6) is -0.215. The van der Waals surface area contributed by atoms with E-state index in [2.05, 4.69) is 29.0 Å². The number of amides is 1. The Morgan fingerprint density at radius 2 is 1.89 bits per heavy atom. The topological polar surface area (TPSA) is 61.6 Å². The molecule has 5 heteroatoms. The van der Waals surface area contributed by atoms with Gasteiger partial charge in [-0.05, 0) is 26.7 Å². The lowest BCUT2D eigenvalue weighted by Gasteiger charge is -2.38. The number of hydrogen-bond donors (Lipinski definition) is 2. The van der Waals surface area contributed by atoms with Crippen molar-refractivity contribution >= 4 is 5.91 Å². The largest absolute Gasteiger partial charge is 0.368 e. The second-order valence-electron chi connectivity index (χ2n) is 5.83. The molecule has 1 atom stereocenters. The summed E-state index contributed by atoms with van der Waals surface area (Å²) in [4.78, 5) is 16.3. The van der Waals surface area contributed by atoms with Crippen LogP contribution in [0.3, 0.4) is 0 Å². The summed E-state index contributed by atoms with van der Waals surface area (Å²) in [5.41, 5.74) is 5.47. The zero-order valence-corrected chi connectivity index (χ0v) is 11.6. The molecule has 3 N–H and O–H groups in total. The lowest BCUT2D eigenvalue weighted by molar-refractivity contribution is -0.120. The van der Waals surface area contributed by atoms with Gasteiger partial charge < -0.3 is 11.1 Å². The van der Waals surface area contributed by atoms with Crippen molar-refractivity contribution in [1.82, 2.24) is 15.1 Å². The predicted octanol–water partition coefficient (Wildman–Crippen LogP) is -0.382. The molecule has 1 heterocycles. The van der Waals surface area contributed by atoms with Gasteiger partial charge in [-0.1, -0.05) is 0 Å². The molecule has 0 radical (unpaired) electrons. The lowest BCUT2D eigenvalue weighted by atomic mass is 10.2. The Kier molecular flexibility index (Phi) is 4.59. The summed E-state index contributed by atoms with van der Waals surface area (Å²) in [6, 6.07) is 0.964. The quantitative estimate of drug-likeness (QED) is 0.678. The van der Waals surface area contributed by atoms with Gasteiger partial charge >= 0.3 is 0 Å². The fourth-order valence-electron chi connectivity index (χ4n) is 2.48. The van der Waals surface area contributed by atoms with E-state index in [9.17, 15) is 4.79 Å². The molecular formula is C13H26N4O. The molecule has 1 aliphatic carbocycles. The Labute approximate surface area is 110 Å². The molecule has 2 rings (SSSR count). The molecule has 1 saturated heterocycles. The van der Waals surface area contributed by atoms with Crippen molar-refractivity contribution < 1.29 is 4.79 Å². The molecule has 2 fully saturated rings. The zero-order valence-electron chi connectivity index (χ0n) is 11.6. The summed E-state index contributed by atoms with van der Waals surface area (Å²) < 4.78 is 0. The number of rotatable bonds is 6. The fourth-order valence-corrected chi connectivity index (χ4v) is 2.48. The number of carbonyl (C=O) groups excluding carboxylic acids is 1. The second kappa shape index (κ2) is 5.99. The third-order valence-electron chi connectivity index (χ3n) is 3.94. The van der Waals surface area contributed by atoms with E-state index in [-0.39, 0.29) is 11.9 Å². The van der Waals surface area contributed by atoms with Gasteiger partial charge in [0.25, 0.3) is 0 Å². The monoisotopic (exact) mass is 254 g/mol. The molecule has 1 amide bonds. The van der Waals surface area contributed by atoms with E-state index in [0.29, 0.717) is 12.1 Å². The van der Waals surface area contributed by atoms with Crippen molar-refractivity contribution in [2.45, 2.75) is 44.8 Å². The average Bonchev–Trinajstić information content (AvgIpc) is 3.12. The molecular weight excluding hydrogens is 228 g/mol. The Balaban J connectivity index is 1.76. The third-order valence-corrected chi connectivity index (χ3v) is 3.94. The zero-order chi connectivity index (χ0) is 13.1. The number of hydrogen-bond acceptors (Lipinski definition) is 4. The van der Waals surface area contributed by atoms with Crippen LogP contribution in [0.4, 0.5) is 0 Å². The SMILES string of the molecule is CC(C)N1CCN(CC(NC2CC2)C(N)=O)CC1. The van der Waals surface area contributed by atoms with Crippen molar-refractivity contribution in [3.8, 4) is 0 Å². The van der Waals surface area contributed by atoms with Gasteiger partial charge in [0.2, 0.25) is 5.91 Å². The standard InChI is InChI=1S/C13H26N4O/c1-10(2)17-7-5-16(6-8-17)9-12(13(14)18)15-11-3-4-11/h10-12,15H,3-9H2,1-2H3,(H2,14,18). The van der Waals surface area contributed by atoms with Gasteiger partial charge in [0.1, 0.15) is 0 Å². The minimum absolute atomic E-state index is 0.178. The molecule has 18 heavy (non-hydrogen) atoms. The predicted molar refractivity (Wildman–Crippen MR) is 72.3 cm³/mol. The van der Waals surface area contributed by atoms with E-state index in [1.807, 2.05) is 0 Å².